The molecule has 0 saturated carbocycles. The van der Waals surface area contributed by atoms with Crippen LogP contribution < -0.4 is 9.61 Å². The summed E-state index contributed by atoms with van der Waals surface area (Å²) >= 11 is 7.16. The van der Waals surface area contributed by atoms with E-state index in [1.807, 2.05) is 24.3 Å². The molecular formula is C19H14ClNO2S. The molecule has 1 aliphatic rings. The van der Waals surface area contributed by atoms with Gasteiger partial charge in [0.05, 0.1) is 4.88 Å². The number of aromatic nitrogens is 1. The van der Waals surface area contributed by atoms with Crippen LogP contribution in [0.1, 0.15) is 27.5 Å². The number of H-pyrrole nitrogens is 1. The van der Waals surface area contributed by atoms with Crippen LogP contribution in [0.5, 0.6) is 5.88 Å². The number of ether oxygens (including phenoxy) is 1. The van der Waals surface area contributed by atoms with Crippen molar-refractivity contribution in [1.82, 2.24) is 4.98 Å². The van der Waals surface area contributed by atoms with Gasteiger partial charge in [-0.25, -0.2) is 0 Å². The lowest BCUT2D eigenvalue weighted by Gasteiger charge is -2.22. The number of aryl methyl sites for hydroxylation is 1. The number of hydrogen-bond acceptors (Lipinski definition) is 3. The molecule has 3 nitrogen and oxygen atoms in total. The first-order valence-electron chi connectivity index (χ1n) is 7.55. The van der Waals surface area contributed by atoms with E-state index in [9.17, 15) is 4.79 Å². The summed E-state index contributed by atoms with van der Waals surface area (Å²) in [4.78, 5) is 15.4. The van der Waals surface area contributed by atoms with Crippen molar-refractivity contribution in [1.29, 1.82) is 0 Å². The molecule has 5 heteroatoms. The molecule has 0 spiro atoms. The van der Waals surface area contributed by atoms with Crippen LogP contribution in [-0.4, -0.2) is 4.98 Å². The molecule has 1 aliphatic heterocycles. The molecule has 0 amide bonds. The number of aromatic amines is 1. The number of benzene rings is 2. The molecule has 1 atom stereocenters. The van der Waals surface area contributed by atoms with Gasteiger partial charge in [-0.3, -0.25) is 9.78 Å². The third-order valence-electron chi connectivity index (χ3n) is 4.02. The van der Waals surface area contributed by atoms with E-state index in [0.717, 1.165) is 21.8 Å². The summed E-state index contributed by atoms with van der Waals surface area (Å²) in [5, 5.41) is 0.676. The zero-order chi connectivity index (χ0) is 16.7. The Labute approximate surface area is 148 Å². The number of rotatable bonds is 2. The van der Waals surface area contributed by atoms with Crippen LogP contribution in [0.2, 0.25) is 5.02 Å². The maximum absolute atomic E-state index is 11.8. The van der Waals surface area contributed by atoms with Crippen molar-refractivity contribution in [3.8, 4) is 5.88 Å². The average molecular weight is 356 g/mol. The predicted octanol–water partition coefficient (Wildman–Crippen LogP) is 4.96. The smallest absolute Gasteiger partial charge is 0.307 e. The maximum atomic E-state index is 11.8. The largest absolute Gasteiger partial charge is 0.439 e. The molecule has 0 radical (unpaired) electrons. The lowest BCUT2D eigenvalue weighted by Crippen LogP contribution is -2.09. The summed E-state index contributed by atoms with van der Waals surface area (Å²) < 4.78 is 5.93. The fourth-order valence-electron chi connectivity index (χ4n) is 2.77. The van der Waals surface area contributed by atoms with E-state index in [2.05, 4.69) is 42.2 Å². The molecule has 0 fully saturated rings. The van der Waals surface area contributed by atoms with Gasteiger partial charge in [0.2, 0.25) is 5.88 Å². The van der Waals surface area contributed by atoms with Crippen LogP contribution in [0.15, 0.2) is 59.4 Å². The number of thiazole rings is 1. The Kier molecular flexibility index (Phi) is 3.79. The number of hydrogen-bond donors (Lipinski definition) is 1. The van der Waals surface area contributed by atoms with Crippen molar-refractivity contribution < 1.29 is 4.74 Å². The molecule has 1 unspecified atom stereocenters. The van der Waals surface area contributed by atoms with Crippen molar-refractivity contribution in [2.75, 3.05) is 0 Å². The van der Waals surface area contributed by atoms with E-state index >= 15 is 0 Å². The first-order chi connectivity index (χ1) is 11.6. The van der Waals surface area contributed by atoms with Crippen LogP contribution in [-0.2, 0) is 0 Å². The van der Waals surface area contributed by atoms with Gasteiger partial charge in [-0.2, -0.15) is 0 Å². The van der Waals surface area contributed by atoms with Gasteiger partial charge in [-0.15, -0.1) is 0 Å². The van der Waals surface area contributed by atoms with Gasteiger partial charge < -0.3 is 4.74 Å². The van der Waals surface area contributed by atoms with Crippen molar-refractivity contribution in [2.45, 2.75) is 12.8 Å². The van der Waals surface area contributed by atoms with Crippen LogP contribution >= 0.6 is 22.9 Å². The van der Waals surface area contributed by atoms with E-state index < -0.39 is 0 Å². The first kappa shape index (κ1) is 15.2. The van der Waals surface area contributed by atoms with E-state index in [-0.39, 0.29) is 10.8 Å². The molecule has 0 aliphatic carbocycles. The van der Waals surface area contributed by atoms with E-state index in [0.29, 0.717) is 10.9 Å². The van der Waals surface area contributed by atoms with Gasteiger partial charge in [0.25, 0.3) is 0 Å². The SMILES string of the molecule is Cc1ccc(C2C=C(c3ccc(Cl)cc3)Oc3[nH]c(=O)sc32)cc1. The second-order valence-electron chi connectivity index (χ2n) is 5.74. The fraction of sp³-hybridized carbons (Fsp3) is 0.105. The zero-order valence-corrected chi connectivity index (χ0v) is 14.4. The van der Waals surface area contributed by atoms with Crippen molar-refractivity contribution >= 4 is 28.7 Å². The first-order valence-corrected chi connectivity index (χ1v) is 8.75. The fourth-order valence-corrected chi connectivity index (χ4v) is 3.75. The standard InChI is InChI=1S/C19H14ClNO2S/c1-11-2-4-12(5-3-11)15-10-16(13-6-8-14(20)9-7-13)23-18-17(15)24-19(22)21-18/h2-10,15H,1H3,(H,21,22). The van der Waals surface area contributed by atoms with Crippen LogP contribution in [0, 0.1) is 6.92 Å². The van der Waals surface area contributed by atoms with Crippen molar-refractivity contribution in [3.63, 3.8) is 0 Å². The van der Waals surface area contributed by atoms with Crippen molar-refractivity contribution in [2.24, 2.45) is 0 Å². The molecule has 0 saturated heterocycles. The summed E-state index contributed by atoms with van der Waals surface area (Å²) in [5.74, 6) is 1.24. The maximum Gasteiger partial charge on any atom is 0.307 e. The molecule has 24 heavy (non-hydrogen) atoms. The molecule has 2 heterocycles. The minimum absolute atomic E-state index is 0.0102. The zero-order valence-electron chi connectivity index (χ0n) is 12.9. The highest BCUT2D eigenvalue weighted by atomic mass is 35.5. The quantitative estimate of drug-likeness (QED) is 0.705. The topological polar surface area (TPSA) is 42.1 Å². The van der Waals surface area contributed by atoms with Gasteiger partial charge in [-0.05, 0) is 42.8 Å². The second-order valence-corrected chi connectivity index (χ2v) is 7.19. The summed E-state index contributed by atoms with van der Waals surface area (Å²) in [6, 6.07) is 15.8. The molecule has 2 aromatic carbocycles. The van der Waals surface area contributed by atoms with Gasteiger partial charge in [0, 0.05) is 16.5 Å². The minimum Gasteiger partial charge on any atom is -0.439 e. The van der Waals surface area contributed by atoms with Crippen LogP contribution in [0.3, 0.4) is 0 Å². The highest BCUT2D eigenvalue weighted by Gasteiger charge is 2.27. The van der Waals surface area contributed by atoms with Gasteiger partial charge in [0.15, 0.2) is 0 Å². The van der Waals surface area contributed by atoms with E-state index in [1.165, 1.54) is 16.9 Å². The highest BCUT2D eigenvalue weighted by molar-refractivity contribution is 7.09. The van der Waals surface area contributed by atoms with Gasteiger partial charge in [0.1, 0.15) is 5.76 Å². The second kappa shape index (κ2) is 5.96. The normalized spacial score (nSPS) is 16.2. The molecule has 1 aromatic heterocycles. The third-order valence-corrected chi connectivity index (χ3v) is 5.22. The Balaban J connectivity index is 1.83. The average Bonchev–Trinajstić information content (AvgIpc) is 2.95. The minimum atomic E-state index is -0.108. The number of halogens is 1. The Hall–Kier alpha value is -2.30. The monoisotopic (exact) mass is 355 g/mol. The molecule has 3 aromatic rings. The summed E-state index contributed by atoms with van der Waals surface area (Å²) in [6.07, 6.45) is 2.06. The van der Waals surface area contributed by atoms with Crippen LogP contribution in [0.25, 0.3) is 5.76 Å². The Morgan fingerprint density at radius 2 is 1.79 bits per heavy atom. The molecular weight excluding hydrogens is 342 g/mol. The Morgan fingerprint density at radius 1 is 1.08 bits per heavy atom. The lowest BCUT2D eigenvalue weighted by atomic mass is 9.93. The Morgan fingerprint density at radius 3 is 2.50 bits per heavy atom. The van der Waals surface area contributed by atoms with E-state index in [4.69, 9.17) is 16.3 Å². The van der Waals surface area contributed by atoms with Gasteiger partial charge >= 0.3 is 4.87 Å². The number of fused-ring (bicyclic) bond motifs is 1. The summed E-state index contributed by atoms with van der Waals surface area (Å²) in [7, 11) is 0. The molecule has 4 rings (SSSR count). The lowest BCUT2D eigenvalue weighted by molar-refractivity contribution is 0.476. The van der Waals surface area contributed by atoms with Crippen LogP contribution in [0.4, 0.5) is 0 Å². The predicted molar refractivity (Wildman–Crippen MR) is 98.0 cm³/mol. The number of nitrogens with one attached hydrogen (secondary N) is 1. The molecule has 0 bridgehead atoms. The number of allylic oxidation sites excluding steroid dienone is 1. The summed E-state index contributed by atoms with van der Waals surface area (Å²) in [6.45, 7) is 2.06. The van der Waals surface area contributed by atoms with Crippen molar-refractivity contribution in [3.05, 3.63) is 90.9 Å². The molecule has 120 valence electrons. The van der Waals surface area contributed by atoms with Gasteiger partial charge in [-0.1, -0.05) is 52.8 Å². The highest BCUT2D eigenvalue weighted by Crippen LogP contribution is 2.41. The Bertz CT molecular complexity index is 968. The third kappa shape index (κ3) is 2.79. The molecule has 1 N–H and O–H groups in total. The van der Waals surface area contributed by atoms with E-state index in [1.54, 1.807) is 0 Å². The summed E-state index contributed by atoms with van der Waals surface area (Å²) in [5.41, 5.74) is 3.26.